The van der Waals surface area contributed by atoms with E-state index in [-0.39, 0.29) is 50.0 Å². The molecule has 0 spiro atoms. The number of nitrogens with zero attached hydrogens (tertiary/aromatic N) is 9. The molecule has 235 valence electrons. The molecule has 14 heteroatoms. The number of hydrogen-bond acceptors (Lipinski definition) is 10. The zero-order chi connectivity index (χ0) is 29.5. The number of fused-ring (bicyclic) bond motifs is 8. The van der Waals surface area contributed by atoms with Crippen molar-refractivity contribution in [1.82, 2.24) is 44.6 Å². The summed E-state index contributed by atoms with van der Waals surface area (Å²) in [5.74, 6) is 0.984. The predicted octanol–water partition coefficient (Wildman–Crippen LogP) is 0.169. The Balaban J connectivity index is 0.00000423. The zero-order valence-electron chi connectivity index (χ0n) is 23.7. The fourth-order valence-corrected chi connectivity index (χ4v) is 5.38. The van der Waals surface area contributed by atoms with Crippen molar-refractivity contribution in [1.29, 1.82) is 0 Å². The SMILES string of the molecule is C#Cc1cc2nc(c1)Cn1nncc1-c1cccc(n1)CN1CCN(CC(=O)O)CCN(CCN(CC(=O)O)CC1)C2.[Lu]. The van der Waals surface area contributed by atoms with E-state index in [2.05, 4.69) is 26.0 Å². The Labute approximate surface area is 279 Å². The van der Waals surface area contributed by atoms with E-state index >= 15 is 0 Å². The summed E-state index contributed by atoms with van der Waals surface area (Å²) in [5.41, 5.74) is 4.51. The molecule has 3 aliphatic heterocycles. The molecule has 2 N–H and O–H groups in total. The second kappa shape index (κ2) is 15.7. The molecule has 6 rings (SSSR count). The Hall–Kier alpha value is -2.99. The van der Waals surface area contributed by atoms with Crippen molar-refractivity contribution < 1.29 is 56.7 Å². The molecule has 0 amide bonds. The van der Waals surface area contributed by atoms with E-state index in [9.17, 15) is 19.8 Å². The van der Waals surface area contributed by atoms with Gasteiger partial charge in [0.2, 0.25) is 0 Å². The molecule has 43 heavy (non-hydrogen) atoms. The van der Waals surface area contributed by atoms with Gasteiger partial charge in [0.25, 0.3) is 0 Å². The number of carbonyl (C=O) groups is 2. The molecule has 3 aromatic heterocycles. The van der Waals surface area contributed by atoms with E-state index in [1.54, 1.807) is 10.9 Å². The number of rotatable bonds is 4. The number of terminal acetylenes is 1. The van der Waals surface area contributed by atoms with Crippen LogP contribution in [0.2, 0.25) is 0 Å². The van der Waals surface area contributed by atoms with E-state index in [0.29, 0.717) is 77.6 Å². The second-order valence-electron chi connectivity index (χ2n) is 10.7. The van der Waals surface area contributed by atoms with Gasteiger partial charge in [0.05, 0.1) is 48.6 Å². The van der Waals surface area contributed by atoms with Crippen molar-refractivity contribution in [2.45, 2.75) is 19.6 Å². The van der Waals surface area contributed by atoms with E-state index in [4.69, 9.17) is 16.4 Å². The normalized spacial score (nSPS) is 20.2. The number of carboxylic acid groups (broad SMARTS) is 2. The monoisotopic (exact) mass is 748 g/mol. The third-order valence-electron chi connectivity index (χ3n) is 7.52. The summed E-state index contributed by atoms with van der Waals surface area (Å²) in [7, 11) is 0. The summed E-state index contributed by atoms with van der Waals surface area (Å²) in [4.78, 5) is 41.6. The topological polar surface area (TPSA) is 144 Å². The number of aliphatic carboxylic acids is 2. The number of carboxylic acids is 2. The van der Waals surface area contributed by atoms with Crippen LogP contribution < -0.4 is 0 Å². The molecule has 0 unspecified atom stereocenters. The van der Waals surface area contributed by atoms with Gasteiger partial charge in [-0.15, -0.1) is 11.5 Å². The average Bonchev–Trinajstić information content (AvgIpc) is 3.41. The smallest absolute Gasteiger partial charge is 0.317 e. The number of aromatic nitrogens is 5. The van der Waals surface area contributed by atoms with Crippen molar-refractivity contribution in [3.8, 4) is 23.7 Å². The molecule has 1 saturated heterocycles. The minimum absolute atomic E-state index is 0. The summed E-state index contributed by atoms with van der Waals surface area (Å²) < 4.78 is 1.77. The number of pyridine rings is 2. The molecule has 0 saturated carbocycles. The van der Waals surface area contributed by atoms with Crippen molar-refractivity contribution in [3.63, 3.8) is 0 Å². The maximum absolute atomic E-state index is 11.7. The minimum Gasteiger partial charge on any atom is -0.480 e. The van der Waals surface area contributed by atoms with Crippen molar-refractivity contribution >= 4 is 11.9 Å². The van der Waals surface area contributed by atoms with Gasteiger partial charge in [0, 0.05) is 108 Å². The summed E-state index contributed by atoms with van der Waals surface area (Å²) in [5, 5.41) is 27.7. The van der Waals surface area contributed by atoms with E-state index in [0.717, 1.165) is 28.5 Å². The van der Waals surface area contributed by atoms with Crippen molar-refractivity contribution in [2.75, 3.05) is 65.4 Å². The molecule has 6 heterocycles. The van der Waals surface area contributed by atoms with Gasteiger partial charge < -0.3 is 10.2 Å². The molecular formula is C29H35LuN9O4. The van der Waals surface area contributed by atoms with Crippen LogP contribution in [0, 0.1) is 49.2 Å². The van der Waals surface area contributed by atoms with Gasteiger partial charge in [0.15, 0.2) is 0 Å². The minimum atomic E-state index is -0.873. The molecule has 3 aliphatic rings. The third kappa shape index (κ3) is 9.50. The number of hydrogen-bond donors (Lipinski definition) is 2. The third-order valence-corrected chi connectivity index (χ3v) is 7.52. The fourth-order valence-electron chi connectivity index (χ4n) is 5.38. The van der Waals surface area contributed by atoms with Crippen LogP contribution in [0.3, 0.4) is 0 Å². The van der Waals surface area contributed by atoms with Gasteiger partial charge in [-0.1, -0.05) is 17.2 Å². The van der Waals surface area contributed by atoms with Crippen LogP contribution in [0.1, 0.15) is 22.6 Å². The van der Waals surface area contributed by atoms with Gasteiger partial charge in [-0.05, 0) is 24.3 Å². The molecule has 13 nitrogen and oxygen atoms in total. The summed E-state index contributed by atoms with van der Waals surface area (Å²) in [6.07, 6.45) is 7.50. The summed E-state index contributed by atoms with van der Waals surface area (Å²) in [6, 6.07) is 9.56. The van der Waals surface area contributed by atoms with Gasteiger partial charge >= 0.3 is 11.9 Å². The van der Waals surface area contributed by atoms with Crippen LogP contribution in [-0.4, -0.2) is 132 Å². The standard InChI is InChI=1S/C29H35N9O4.Lu/c1-2-22-14-24-18-35-8-12-36(20-28(39)40)10-6-34(7-11-37(13-9-35)21-29(41)42)17-23-4-3-5-26(32-23)27-16-30-33-38(27)19-25(15-22)31-24;/h1,3-5,14-16H,6-13,17-21H2,(H,39,40)(H,41,42);. The van der Waals surface area contributed by atoms with Gasteiger partial charge in [-0.25, -0.2) is 9.67 Å². The van der Waals surface area contributed by atoms with E-state index in [1.807, 2.05) is 40.1 Å². The van der Waals surface area contributed by atoms with Crippen molar-refractivity contribution in [3.05, 3.63) is 59.2 Å². The quantitative estimate of drug-likeness (QED) is 0.352. The molecular weight excluding hydrogens is 713 g/mol. The Morgan fingerprint density at radius 1 is 0.791 bits per heavy atom. The molecule has 1 radical (unpaired) electrons. The largest absolute Gasteiger partial charge is 0.480 e. The molecule has 6 bridgehead atoms. The Bertz CT molecular complexity index is 1430. The van der Waals surface area contributed by atoms with Crippen LogP contribution in [0.25, 0.3) is 11.4 Å². The molecule has 1 fully saturated rings. The Kier molecular flexibility index (Phi) is 12.0. The van der Waals surface area contributed by atoms with Crippen molar-refractivity contribution in [2.24, 2.45) is 0 Å². The molecule has 0 aliphatic carbocycles. The second-order valence-corrected chi connectivity index (χ2v) is 10.7. The summed E-state index contributed by atoms with van der Waals surface area (Å²) in [6.45, 7) is 5.78. The first-order valence-electron chi connectivity index (χ1n) is 14.0. The maximum atomic E-state index is 11.7. The van der Waals surface area contributed by atoms with E-state index < -0.39 is 11.9 Å². The van der Waals surface area contributed by atoms with Crippen LogP contribution in [0.4, 0.5) is 0 Å². The maximum Gasteiger partial charge on any atom is 0.317 e. The van der Waals surface area contributed by atoms with Crippen LogP contribution in [0.5, 0.6) is 0 Å². The fraction of sp³-hybridized carbons (Fsp3) is 0.448. The van der Waals surface area contributed by atoms with Gasteiger partial charge in [0.1, 0.15) is 5.69 Å². The first-order valence-corrected chi connectivity index (χ1v) is 14.0. The van der Waals surface area contributed by atoms with Crippen LogP contribution >= 0.6 is 0 Å². The molecule has 0 atom stereocenters. The average molecular weight is 749 g/mol. The summed E-state index contributed by atoms with van der Waals surface area (Å²) >= 11 is 0. The van der Waals surface area contributed by atoms with Gasteiger partial charge in [-0.2, -0.15) is 0 Å². The van der Waals surface area contributed by atoms with Crippen LogP contribution in [0.15, 0.2) is 36.5 Å². The van der Waals surface area contributed by atoms with E-state index in [1.165, 1.54) is 0 Å². The Morgan fingerprint density at radius 3 is 1.91 bits per heavy atom. The Morgan fingerprint density at radius 2 is 1.35 bits per heavy atom. The predicted molar refractivity (Wildman–Crippen MR) is 153 cm³/mol. The zero-order valence-corrected chi connectivity index (χ0v) is 25.4. The van der Waals surface area contributed by atoms with Gasteiger partial charge in [-0.3, -0.25) is 34.2 Å². The van der Waals surface area contributed by atoms with Crippen LogP contribution in [-0.2, 0) is 29.2 Å². The first-order chi connectivity index (χ1) is 20.3. The molecule has 3 aromatic rings. The molecule has 0 aromatic carbocycles. The first kappa shape index (κ1) is 32.9.